The van der Waals surface area contributed by atoms with Gasteiger partial charge in [0, 0.05) is 0 Å². The number of rotatable bonds is 0. The van der Waals surface area contributed by atoms with E-state index in [9.17, 15) is 0 Å². The molecule has 0 N–H and O–H groups in total. The van der Waals surface area contributed by atoms with Crippen molar-refractivity contribution >= 4 is 0 Å². The summed E-state index contributed by atoms with van der Waals surface area (Å²) < 4.78 is 0. The summed E-state index contributed by atoms with van der Waals surface area (Å²) >= 11 is 0. The molecule has 0 spiro atoms. The van der Waals surface area contributed by atoms with Gasteiger partial charge in [-0.15, -0.1) is 0 Å². The molecule has 2 unspecified atom stereocenters. The standard InChI is InChI=1S/C10H18/c1-8-5-4-6-9(2)10(3)7-8/h7-9H,4-6H2,1-3H3. The first-order valence-electron chi connectivity index (χ1n) is 4.38. The van der Waals surface area contributed by atoms with Gasteiger partial charge in [-0.3, -0.25) is 0 Å². The van der Waals surface area contributed by atoms with Crippen LogP contribution in [-0.4, -0.2) is 0 Å². The van der Waals surface area contributed by atoms with E-state index in [1.807, 2.05) is 0 Å². The lowest BCUT2D eigenvalue weighted by Crippen LogP contribution is -1.92. The third kappa shape index (κ3) is 1.86. The van der Waals surface area contributed by atoms with Crippen LogP contribution in [0.25, 0.3) is 0 Å². The van der Waals surface area contributed by atoms with Gasteiger partial charge in [-0.1, -0.05) is 31.9 Å². The normalized spacial score (nSPS) is 34.9. The molecule has 0 nitrogen and oxygen atoms in total. The van der Waals surface area contributed by atoms with E-state index in [-0.39, 0.29) is 0 Å². The van der Waals surface area contributed by atoms with E-state index in [0.29, 0.717) is 0 Å². The summed E-state index contributed by atoms with van der Waals surface area (Å²) in [6, 6.07) is 0. The van der Waals surface area contributed by atoms with Gasteiger partial charge < -0.3 is 0 Å². The van der Waals surface area contributed by atoms with Crippen molar-refractivity contribution in [2.24, 2.45) is 11.8 Å². The van der Waals surface area contributed by atoms with Crippen molar-refractivity contribution in [3.8, 4) is 0 Å². The maximum Gasteiger partial charge on any atom is -0.0234 e. The van der Waals surface area contributed by atoms with E-state index in [1.54, 1.807) is 5.57 Å². The largest absolute Gasteiger partial charge is 0.0825 e. The van der Waals surface area contributed by atoms with Crippen molar-refractivity contribution in [2.75, 3.05) is 0 Å². The average Bonchev–Trinajstić information content (AvgIpc) is 1.96. The topological polar surface area (TPSA) is 0 Å². The Hall–Kier alpha value is -0.260. The highest BCUT2D eigenvalue weighted by atomic mass is 14.2. The Morgan fingerprint density at radius 1 is 1.30 bits per heavy atom. The molecule has 0 heteroatoms. The van der Waals surface area contributed by atoms with E-state index in [1.165, 1.54) is 19.3 Å². The Morgan fingerprint density at radius 3 is 2.70 bits per heavy atom. The van der Waals surface area contributed by atoms with Gasteiger partial charge in [0.05, 0.1) is 0 Å². The van der Waals surface area contributed by atoms with Gasteiger partial charge in [0.15, 0.2) is 0 Å². The van der Waals surface area contributed by atoms with Crippen molar-refractivity contribution in [1.82, 2.24) is 0 Å². The molecule has 1 aliphatic rings. The third-order valence-electron chi connectivity index (χ3n) is 2.62. The highest BCUT2D eigenvalue weighted by Gasteiger charge is 2.10. The molecule has 0 fully saturated rings. The number of hydrogen-bond acceptors (Lipinski definition) is 0. The Labute approximate surface area is 64.3 Å². The van der Waals surface area contributed by atoms with Crippen molar-refractivity contribution in [3.63, 3.8) is 0 Å². The Balaban J connectivity index is 2.61. The van der Waals surface area contributed by atoms with Gasteiger partial charge >= 0.3 is 0 Å². The first-order valence-corrected chi connectivity index (χ1v) is 4.38. The molecule has 0 radical (unpaired) electrons. The number of allylic oxidation sites excluding steroid dienone is 2. The van der Waals surface area contributed by atoms with Crippen LogP contribution in [0, 0.1) is 11.8 Å². The van der Waals surface area contributed by atoms with E-state index < -0.39 is 0 Å². The number of hydrogen-bond donors (Lipinski definition) is 0. The second kappa shape index (κ2) is 3.23. The van der Waals surface area contributed by atoms with Crippen LogP contribution in [-0.2, 0) is 0 Å². The zero-order valence-electron chi connectivity index (χ0n) is 7.35. The van der Waals surface area contributed by atoms with Crippen LogP contribution in [0.1, 0.15) is 40.0 Å². The van der Waals surface area contributed by atoms with Crippen molar-refractivity contribution in [3.05, 3.63) is 11.6 Å². The maximum absolute atomic E-state index is 2.44. The predicted octanol–water partition coefficient (Wildman–Crippen LogP) is 3.39. The summed E-state index contributed by atoms with van der Waals surface area (Å²) in [7, 11) is 0. The molecule has 0 bridgehead atoms. The van der Waals surface area contributed by atoms with Crippen molar-refractivity contribution in [1.29, 1.82) is 0 Å². The second-order valence-electron chi connectivity index (χ2n) is 3.72. The monoisotopic (exact) mass is 138 g/mol. The molecule has 2 atom stereocenters. The molecule has 0 aromatic carbocycles. The molecule has 0 aliphatic heterocycles. The van der Waals surface area contributed by atoms with Crippen LogP contribution in [0.2, 0.25) is 0 Å². The molecule has 0 heterocycles. The van der Waals surface area contributed by atoms with Gasteiger partial charge in [0.2, 0.25) is 0 Å². The van der Waals surface area contributed by atoms with E-state index in [2.05, 4.69) is 26.8 Å². The van der Waals surface area contributed by atoms with E-state index >= 15 is 0 Å². The minimum absolute atomic E-state index is 0.824. The fourth-order valence-electron chi connectivity index (χ4n) is 1.67. The molecule has 58 valence electrons. The van der Waals surface area contributed by atoms with Gasteiger partial charge in [-0.25, -0.2) is 0 Å². The summed E-state index contributed by atoms with van der Waals surface area (Å²) in [5, 5.41) is 0. The van der Waals surface area contributed by atoms with Crippen molar-refractivity contribution < 1.29 is 0 Å². The lowest BCUT2D eigenvalue weighted by Gasteiger charge is -2.07. The molecule has 10 heavy (non-hydrogen) atoms. The lowest BCUT2D eigenvalue weighted by molar-refractivity contribution is 0.549. The Kier molecular flexibility index (Phi) is 2.53. The molecule has 0 aromatic rings. The molecule has 0 amide bonds. The van der Waals surface area contributed by atoms with E-state index in [0.717, 1.165) is 11.8 Å². The minimum atomic E-state index is 0.824. The lowest BCUT2D eigenvalue weighted by atomic mass is 9.99. The van der Waals surface area contributed by atoms with Gasteiger partial charge in [0.1, 0.15) is 0 Å². The summed E-state index contributed by atoms with van der Waals surface area (Å²) in [4.78, 5) is 0. The van der Waals surface area contributed by atoms with E-state index in [4.69, 9.17) is 0 Å². The molecule has 1 aliphatic carbocycles. The molecular weight excluding hydrogens is 120 g/mol. The molecular formula is C10H18. The molecule has 1 rings (SSSR count). The molecule has 0 saturated heterocycles. The highest BCUT2D eigenvalue weighted by Crippen LogP contribution is 2.25. The van der Waals surface area contributed by atoms with Gasteiger partial charge in [-0.2, -0.15) is 0 Å². The van der Waals surface area contributed by atoms with Gasteiger partial charge in [-0.05, 0) is 31.6 Å². The SMILES string of the molecule is CC1=CC(C)CCCC1C. The zero-order valence-corrected chi connectivity index (χ0v) is 7.35. The van der Waals surface area contributed by atoms with Gasteiger partial charge in [0.25, 0.3) is 0 Å². The summed E-state index contributed by atoms with van der Waals surface area (Å²) in [6.07, 6.45) is 6.64. The van der Waals surface area contributed by atoms with Crippen LogP contribution in [0.15, 0.2) is 11.6 Å². The average molecular weight is 138 g/mol. The summed E-state index contributed by atoms with van der Waals surface area (Å²) in [5.41, 5.74) is 1.60. The quantitative estimate of drug-likeness (QED) is 0.450. The zero-order chi connectivity index (χ0) is 7.56. The minimum Gasteiger partial charge on any atom is -0.0825 e. The summed E-state index contributed by atoms with van der Waals surface area (Å²) in [5.74, 6) is 1.66. The first kappa shape index (κ1) is 7.84. The third-order valence-corrected chi connectivity index (χ3v) is 2.62. The van der Waals surface area contributed by atoms with Crippen LogP contribution in [0.3, 0.4) is 0 Å². The van der Waals surface area contributed by atoms with Crippen molar-refractivity contribution in [2.45, 2.75) is 40.0 Å². The molecule has 0 aromatic heterocycles. The van der Waals surface area contributed by atoms with Crippen LogP contribution < -0.4 is 0 Å². The Morgan fingerprint density at radius 2 is 2.00 bits per heavy atom. The summed E-state index contributed by atoms with van der Waals surface area (Å²) in [6.45, 7) is 6.93. The van der Waals surface area contributed by atoms with Crippen LogP contribution in [0.4, 0.5) is 0 Å². The molecule has 0 saturated carbocycles. The maximum atomic E-state index is 2.44. The Bertz CT molecular complexity index is 133. The smallest absolute Gasteiger partial charge is 0.0234 e. The van der Waals surface area contributed by atoms with Crippen LogP contribution >= 0.6 is 0 Å². The highest BCUT2D eigenvalue weighted by molar-refractivity contribution is 5.05. The second-order valence-corrected chi connectivity index (χ2v) is 3.72. The fraction of sp³-hybridized carbons (Fsp3) is 0.800. The first-order chi connectivity index (χ1) is 4.70. The van der Waals surface area contributed by atoms with Crippen LogP contribution in [0.5, 0.6) is 0 Å². The fourth-order valence-corrected chi connectivity index (χ4v) is 1.67. The predicted molar refractivity (Wildman–Crippen MR) is 45.9 cm³/mol.